The normalized spacial score (nSPS) is 18.9. The highest BCUT2D eigenvalue weighted by molar-refractivity contribution is 7.89. The van der Waals surface area contributed by atoms with Crippen LogP contribution in [0, 0.1) is 13.8 Å². The fourth-order valence-electron chi connectivity index (χ4n) is 2.34. The highest BCUT2D eigenvalue weighted by atomic mass is 35.5. The van der Waals surface area contributed by atoms with E-state index in [0.717, 1.165) is 20.7 Å². The lowest BCUT2D eigenvalue weighted by atomic mass is 10.2. The Hall–Kier alpha value is -0.760. The zero-order chi connectivity index (χ0) is 14.5. The molecule has 0 unspecified atom stereocenters. The van der Waals surface area contributed by atoms with Gasteiger partial charge in [0.15, 0.2) is 0 Å². The Balaban J connectivity index is 2.01. The molecule has 108 valence electrons. The van der Waals surface area contributed by atoms with Crippen molar-refractivity contribution in [2.75, 3.05) is 12.3 Å². The Morgan fingerprint density at radius 3 is 2.75 bits per heavy atom. The van der Waals surface area contributed by atoms with Crippen molar-refractivity contribution in [2.24, 2.45) is 0 Å². The first kappa shape index (κ1) is 14.2. The van der Waals surface area contributed by atoms with Gasteiger partial charge in [0.25, 0.3) is 0 Å². The summed E-state index contributed by atoms with van der Waals surface area (Å²) in [6, 6.07) is 0. The lowest BCUT2D eigenvalue weighted by Gasteiger charge is -2.13. The lowest BCUT2D eigenvalue weighted by Crippen LogP contribution is -2.26. The molecule has 0 atom stereocenters. The fourth-order valence-corrected chi connectivity index (χ4v) is 5.24. The molecule has 1 saturated heterocycles. The summed E-state index contributed by atoms with van der Waals surface area (Å²) < 4.78 is 25.1. The minimum atomic E-state index is -3.14. The topological polar surface area (TPSA) is 63.2 Å². The summed E-state index contributed by atoms with van der Waals surface area (Å²) in [5, 5.41) is 1.28. The molecule has 1 aliphatic rings. The van der Waals surface area contributed by atoms with Crippen LogP contribution in [0.5, 0.6) is 0 Å². The van der Waals surface area contributed by atoms with Gasteiger partial charge in [-0.1, -0.05) is 11.6 Å². The molecule has 2 aromatic rings. The van der Waals surface area contributed by atoms with E-state index < -0.39 is 10.0 Å². The molecular formula is C12H14ClN3O2S2. The van der Waals surface area contributed by atoms with Crippen molar-refractivity contribution in [1.82, 2.24) is 14.3 Å². The summed E-state index contributed by atoms with van der Waals surface area (Å²) in [6.45, 7) is 4.74. The molecule has 0 aromatic carbocycles. The molecule has 3 heterocycles. The number of nitrogens with zero attached hydrogens (tertiary/aromatic N) is 3. The first-order valence-electron chi connectivity index (χ1n) is 6.28. The molecule has 1 fully saturated rings. The lowest BCUT2D eigenvalue weighted by molar-refractivity contribution is 0.430. The van der Waals surface area contributed by atoms with Crippen molar-refractivity contribution in [2.45, 2.75) is 26.8 Å². The molecule has 1 aliphatic heterocycles. The maximum atomic E-state index is 11.8. The SMILES string of the molecule is Cc1sc2nc(CN3CCCS3(=O)=O)nc(Cl)c2c1C. The Morgan fingerprint density at radius 1 is 1.35 bits per heavy atom. The van der Waals surface area contributed by atoms with E-state index in [1.165, 1.54) is 4.31 Å². The van der Waals surface area contributed by atoms with Crippen LogP contribution in [0.3, 0.4) is 0 Å². The Labute approximate surface area is 126 Å². The van der Waals surface area contributed by atoms with E-state index in [4.69, 9.17) is 11.6 Å². The third kappa shape index (κ3) is 2.32. The number of fused-ring (bicyclic) bond motifs is 1. The second-order valence-corrected chi connectivity index (χ2v) is 8.55. The number of aromatic nitrogens is 2. The summed E-state index contributed by atoms with van der Waals surface area (Å²) in [6.07, 6.45) is 0.662. The molecule has 5 nitrogen and oxygen atoms in total. The summed E-state index contributed by atoms with van der Waals surface area (Å²) in [7, 11) is -3.14. The third-order valence-corrected chi connectivity index (χ3v) is 6.83. The average Bonchev–Trinajstić information content (AvgIpc) is 2.81. The summed E-state index contributed by atoms with van der Waals surface area (Å²) in [5.41, 5.74) is 1.09. The van der Waals surface area contributed by atoms with E-state index in [2.05, 4.69) is 9.97 Å². The molecular weight excluding hydrogens is 318 g/mol. The van der Waals surface area contributed by atoms with Crippen molar-refractivity contribution in [3.05, 3.63) is 21.4 Å². The minimum Gasteiger partial charge on any atom is -0.220 e. The van der Waals surface area contributed by atoms with Gasteiger partial charge in [0, 0.05) is 11.4 Å². The average molecular weight is 332 g/mol. The van der Waals surface area contributed by atoms with E-state index in [9.17, 15) is 8.42 Å². The van der Waals surface area contributed by atoms with Gasteiger partial charge in [0.2, 0.25) is 10.0 Å². The zero-order valence-electron chi connectivity index (χ0n) is 11.2. The van der Waals surface area contributed by atoms with E-state index in [-0.39, 0.29) is 12.3 Å². The Morgan fingerprint density at radius 2 is 2.10 bits per heavy atom. The monoisotopic (exact) mass is 331 g/mol. The van der Waals surface area contributed by atoms with Crippen LogP contribution in [0.1, 0.15) is 22.7 Å². The van der Waals surface area contributed by atoms with Gasteiger partial charge in [0.1, 0.15) is 15.8 Å². The number of thiophene rings is 1. The molecule has 2 aromatic heterocycles. The standard InChI is InChI=1S/C12H14ClN3O2S2/c1-7-8(2)19-12-10(7)11(13)14-9(15-12)6-16-4-3-5-20(16,17)18/h3-6H2,1-2H3. The number of aryl methyl sites for hydroxylation is 2. The van der Waals surface area contributed by atoms with Crippen molar-refractivity contribution in [3.63, 3.8) is 0 Å². The smallest absolute Gasteiger partial charge is 0.214 e. The van der Waals surface area contributed by atoms with Crippen LogP contribution in [0.2, 0.25) is 5.15 Å². The van der Waals surface area contributed by atoms with Gasteiger partial charge >= 0.3 is 0 Å². The zero-order valence-corrected chi connectivity index (χ0v) is 13.6. The van der Waals surface area contributed by atoms with Gasteiger partial charge in [-0.2, -0.15) is 4.31 Å². The quantitative estimate of drug-likeness (QED) is 0.793. The van der Waals surface area contributed by atoms with Gasteiger partial charge in [-0.3, -0.25) is 0 Å². The molecule has 0 saturated carbocycles. The van der Waals surface area contributed by atoms with Crippen molar-refractivity contribution < 1.29 is 8.42 Å². The molecule has 0 amide bonds. The fraction of sp³-hybridized carbons (Fsp3) is 0.500. The van der Waals surface area contributed by atoms with E-state index in [1.54, 1.807) is 11.3 Å². The second kappa shape index (κ2) is 4.91. The van der Waals surface area contributed by atoms with Crippen LogP contribution in [-0.2, 0) is 16.6 Å². The van der Waals surface area contributed by atoms with E-state index >= 15 is 0 Å². The first-order chi connectivity index (χ1) is 9.38. The van der Waals surface area contributed by atoms with E-state index in [1.807, 2.05) is 13.8 Å². The summed E-state index contributed by atoms with van der Waals surface area (Å²) in [5.74, 6) is 0.675. The maximum absolute atomic E-state index is 11.8. The number of hydrogen-bond acceptors (Lipinski definition) is 5. The van der Waals surface area contributed by atoms with Crippen LogP contribution in [0.15, 0.2) is 0 Å². The van der Waals surface area contributed by atoms with Gasteiger partial charge in [-0.15, -0.1) is 11.3 Å². The van der Waals surface area contributed by atoms with Crippen LogP contribution in [-0.4, -0.2) is 35.0 Å². The van der Waals surface area contributed by atoms with E-state index in [0.29, 0.717) is 23.9 Å². The van der Waals surface area contributed by atoms with Crippen LogP contribution < -0.4 is 0 Å². The van der Waals surface area contributed by atoms with Crippen molar-refractivity contribution in [3.8, 4) is 0 Å². The molecule has 0 radical (unpaired) electrons. The molecule has 3 rings (SSSR count). The summed E-state index contributed by atoms with van der Waals surface area (Å²) >= 11 is 7.79. The largest absolute Gasteiger partial charge is 0.220 e. The molecule has 0 N–H and O–H groups in total. The predicted molar refractivity (Wildman–Crippen MR) is 80.7 cm³/mol. The predicted octanol–water partition coefficient (Wildman–Crippen LogP) is 2.50. The highest BCUT2D eigenvalue weighted by Gasteiger charge is 2.29. The molecule has 20 heavy (non-hydrogen) atoms. The highest BCUT2D eigenvalue weighted by Crippen LogP contribution is 2.33. The third-order valence-electron chi connectivity index (χ3n) is 3.55. The number of halogens is 1. The molecule has 8 heteroatoms. The molecule has 0 aliphatic carbocycles. The number of sulfonamides is 1. The minimum absolute atomic E-state index is 0.202. The van der Waals surface area contributed by atoms with Gasteiger partial charge < -0.3 is 0 Å². The van der Waals surface area contributed by atoms with Crippen LogP contribution >= 0.6 is 22.9 Å². The Bertz CT molecular complexity index is 786. The van der Waals surface area contributed by atoms with Crippen LogP contribution in [0.25, 0.3) is 10.2 Å². The number of hydrogen-bond donors (Lipinski definition) is 0. The first-order valence-corrected chi connectivity index (χ1v) is 9.09. The van der Waals surface area contributed by atoms with Gasteiger partial charge in [0.05, 0.1) is 17.7 Å². The number of rotatable bonds is 2. The second-order valence-electron chi connectivity index (χ2n) is 4.90. The van der Waals surface area contributed by atoms with Crippen molar-refractivity contribution in [1.29, 1.82) is 0 Å². The Kier molecular flexibility index (Phi) is 3.48. The van der Waals surface area contributed by atoms with Gasteiger partial charge in [-0.05, 0) is 25.8 Å². The van der Waals surface area contributed by atoms with Crippen molar-refractivity contribution >= 4 is 43.2 Å². The maximum Gasteiger partial charge on any atom is 0.214 e. The molecule has 0 spiro atoms. The van der Waals surface area contributed by atoms with Gasteiger partial charge in [-0.25, -0.2) is 18.4 Å². The molecule has 0 bridgehead atoms. The summed E-state index contributed by atoms with van der Waals surface area (Å²) in [4.78, 5) is 10.7. The van der Waals surface area contributed by atoms with Crippen LogP contribution in [0.4, 0.5) is 0 Å².